The molecule has 1 aliphatic heterocycles. The Balaban J connectivity index is 2.17. The molecule has 19 heavy (non-hydrogen) atoms. The van der Waals surface area contributed by atoms with E-state index in [1.54, 1.807) is 19.1 Å². The van der Waals surface area contributed by atoms with Gasteiger partial charge in [-0.15, -0.1) is 0 Å². The summed E-state index contributed by atoms with van der Waals surface area (Å²) >= 11 is 5.76. The molecule has 0 aliphatic carbocycles. The van der Waals surface area contributed by atoms with E-state index in [2.05, 4.69) is 0 Å². The van der Waals surface area contributed by atoms with Crippen LogP contribution in [-0.4, -0.2) is 45.2 Å². The Bertz CT molecular complexity index is 678. The van der Waals surface area contributed by atoms with Gasteiger partial charge in [-0.05, 0) is 18.2 Å². The van der Waals surface area contributed by atoms with Crippen molar-refractivity contribution in [3.8, 4) is 0 Å². The van der Waals surface area contributed by atoms with Crippen molar-refractivity contribution in [3.63, 3.8) is 0 Å². The molecule has 1 heterocycles. The van der Waals surface area contributed by atoms with Crippen molar-refractivity contribution in [1.29, 1.82) is 0 Å². The normalized spacial score (nSPS) is 18.2. The van der Waals surface area contributed by atoms with E-state index < -0.39 is 25.1 Å². The maximum absolute atomic E-state index is 12.2. The third-order valence-electron chi connectivity index (χ3n) is 3.16. The van der Waals surface area contributed by atoms with Gasteiger partial charge in [0.1, 0.15) is 0 Å². The fourth-order valence-electron chi connectivity index (χ4n) is 1.84. The molecule has 0 aromatic heterocycles. The van der Waals surface area contributed by atoms with Crippen molar-refractivity contribution < 1.29 is 16.8 Å². The molecule has 0 spiro atoms. The number of halogens is 1. The molecule has 0 unspecified atom stereocenters. The molecule has 0 N–H and O–H groups in total. The number of benzene rings is 1. The number of hydrogen-bond donors (Lipinski definition) is 0. The number of rotatable bonds is 4. The Morgan fingerprint density at radius 2 is 1.89 bits per heavy atom. The summed E-state index contributed by atoms with van der Waals surface area (Å²) in [7, 11) is -6.82. The number of sulfone groups is 1. The van der Waals surface area contributed by atoms with E-state index in [1.165, 1.54) is 12.1 Å². The van der Waals surface area contributed by atoms with E-state index in [0.717, 1.165) is 4.31 Å². The van der Waals surface area contributed by atoms with E-state index in [-0.39, 0.29) is 23.7 Å². The molecule has 2 rings (SSSR count). The van der Waals surface area contributed by atoms with Crippen LogP contribution in [0.4, 0.5) is 0 Å². The zero-order valence-electron chi connectivity index (χ0n) is 10.3. The third-order valence-corrected chi connectivity index (χ3v) is 7.34. The SMILES string of the molecule is CCS(=O)(=O)C1CN(S(=O)(=O)c2cccc(Cl)c2)C1. The summed E-state index contributed by atoms with van der Waals surface area (Å²) in [6, 6.07) is 5.94. The predicted molar refractivity (Wildman–Crippen MR) is 73.5 cm³/mol. The average Bonchev–Trinajstić information content (AvgIpc) is 2.26. The van der Waals surface area contributed by atoms with Crippen LogP contribution in [0.5, 0.6) is 0 Å². The summed E-state index contributed by atoms with van der Waals surface area (Å²) in [4.78, 5) is 0.0901. The second kappa shape index (κ2) is 5.05. The van der Waals surface area contributed by atoms with Crippen LogP contribution in [0.3, 0.4) is 0 Å². The van der Waals surface area contributed by atoms with Gasteiger partial charge in [-0.25, -0.2) is 16.8 Å². The first-order valence-corrected chi connectivity index (χ1v) is 9.28. The molecule has 5 nitrogen and oxygen atoms in total. The van der Waals surface area contributed by atoms with Gasteiger partial charge in [0.25, 0.3) is 0 Å². The fourth-order valence-corrected chi connectivity index (χ4v) is 5.14. The zero-order chi connectivity index (χ0) is 14.3. The van der Waals surface area contributed by atoms with Gasteiger partial charge in [0.05, 0.1) is 10.1 Å². The van der Waals surface area contributed by atoms with Gasteiger partial charge in [-0.3, -0.25) is 0 Å². The molecule has 0 amide bonds. The van der Waals surface area contributed by atoms with Gasteiger partial charge in [0.2, 0.25) is 10.0 Å². The van der Waals surface area contributed by atoms with Gasteiger partial charge in [0, 0.05) is 23.9 Å². The van der Waals surface area contributed by atoms with E-state index in [4.69, 9.17) is 11.6 Å². The fraction of sp³-hybridized carbons (Fsp3) is 0.455. The molecule has 1 aromatic carbocycles. The highest BCUT2D eigenvalue weighted by Crippen LogP contribution is 2.26. The van der Waals surface area contributed by atoms with Crippen molar-refractivity contribution in [1.82, 2.24) is 4.31 Å². The monoisotopic (exact) mass is 323 g/mol. The third kappa shape index (κ3) is 2.79. The molecule has 0 atom stereocenters. The smallest absolute Gasteiger partial charge is 0.228 e. The minimum atomic E-state index is -3.64. The van der Waals surface area contributed by atoms with Crippen molar-refractivity contribution >= 4 is 31.5 Å². The van der Waals surface area contributed by atoms with Crippen molar-refractivity contribution in [2.24, 2.45) is 0 Å². The Morgan fingerprint density at radius 1 is 1.26 bits per heavy atom. The van der Waals surface area contributed by atoms with E-state index >= 15 is 0 Å². The molecule has 0 saturated carbocycles. The van der Waals surface area contributed by atoms with Crippen LogP contribution < -0.4 is 0 Å². The zero-order valence-corrected chi connectivity index (χ0v) is 12.7. The lowest BCUT2D eigenvalue weighted by atomic mass is 10.3. The van der Waals surface area contributed by atoms with Gasteiger partial charge in [-0.1, -0.05) is 24.6 Å². The standard InChI is InChI=1S/C11H14ClNO4S2/c1-2-18(14,15)11-7-13(8-11)19(16,17)10-5-3-4-9(12)6-10/h3-6,11H,2,7-8H2,1H3. The molecule has 0 radical (unpaired) electrons. The molecular weight excluding hydrogens is 310 g/mol. The minimum absolute atomic E-state index is 0.0189. The second-order valence-electron chi connectivity index (χ2n) is 4.35. The molecule has 8 heteroatoms. The lowest BCUT2D eigenvalue weighted by molar-refractivity contribution is 0.310. The Hall–Kier alpha value is -0.630. The maximum Gasteiger partial charge on any atom is 0.243 e. The second-order valence-corrected chi connectivity index (χ2v) is 9.30. The lowest BCUT2D eigenvalue weighted by Gasteiger charge is -2.37. The maximum atomic E-state index is 12.2. The minimum Gasteiger partial charge on any atom is -0.228 e. The van der Waals surface area contributed by atoms with Crippen molar-refractivity contribution in [2.75, 3.05) is 18.8 Å². The first-order chi connectivity index (χ1) is 8.77. The first-order valence-electron chi connectivity index (χ1n) is 5.74. The molecule has 106 valence electrons. The van der Waals surface area contributed by atoms with Crippen molar-refractivity contribution in [2.45, 2.75) is 17.1 Å². The van der Waals surface area contributed by atoms with E-state index in [9.17, 15) is 16.8 Å². The summed E-state index contributed by atoms with van der Waals surface area (Å²) in [6.07, 6.45) is 0. The van der Waals surface area contributed by atoms with Gasteiger partial charge in [0.15, 0.2) is 9.84 Å². The lowest BCUT2D eigenvalue weighted by Crippen LogP contribution is -2.57. The molecular formula is C11H14ClNO4S2. The van der Waals surface area contributed by atoms with Crippen molar-refractivity contribution in [3.05, 3.63) is 29.3 Å². The van der Waals surface area contributed by atoms with Crippen LogP contribution in [0.25, 0.3) is 0 Å². The topological polar surface area (TPSA) is 71.5 Å². The van der Waals surface area contributed by atoms with Gasteiger partial charge in [-0.2, -0.15) is 4.31 Å². The number of sulfonamides is 1. The summed E-state index contributed by atoms with van der Waals surface area (Å²) in [5, 5.41) is -0.259. The molecule has 1 saturated heterocycles. The number of hydrogen-bond acceptors (Lipinski definition) is 4. The highest BCUT2D eigenvalue weighted by Gasteiger charge is 2.42. The van der Waals surface area contributed by atoms with E-state index in [0.29, 0.717) is 5.02 Å². The van der Waals surface area contributed by atoms with E-state index in [1.807, 2.05) is 0 Å². The quantitative estimate of drug-likeness (QED) is 0.833. The predicted octanol–water partition coefficient (Wildman–Crippen LogP) is 1.15. The largest absolute Gasteiger partial charge is 0.243 e. The summed E-state index contributed by atoms with van der Waals surface area (Å²) in [5.74, 6) is 0.0305. The summed E-state index contributed by atoms with van der Waals surface area (Å²) < 4.78 is 48.8. The number of nitrogens with zero attached hydrogens (tertiary/aromatic N) is 1. The van der Waals surface area contributed by atoms with Crippen LogP contribution >= 0.6 is 11.6 Å². The Morgan fingerprint density at radius 3 is 2.42 bits per heavy atom. The molecule has 0 bridgehead atoms. The summed E-state index contributed by atoms with van der Waals surface area (Å²) in [6.45, 7) is 1.60. The molecule has 1 fully saturated rings. The van der Waals surface area contributed by atoms with Crippen LogP contribution in [0, 0.1) is 0 Å². The van der Waals surface area contributed by atoms with Gasteiger partial charge < -0.3 is 0 Å². The highest BCUT2D eigenvalue weighted by atomic mass is 35.5. The molecule has 1 aromatic rings. The van der Waals surface area contributed by atoms with Crippen LogP contribution in [0.1, 0.15) is 6.92 Å². The van der Waals surface area contributed by atoms with Crippen LogP contribution in [-0.2, 0) is 19.9 Å². The van der Waals surface area contributed by atoms with Crippen LogP contribution in [0.2, 0.25) is 5.02 Å². The highest BCUT2D eigenvalue weighted by molar-refractivity contribution is 7.92. The Kier molecular flexibility index (Phi) is 3.92. The van der Waals surface area contributed by atoms with Gasteiger partial charge >= 0.3 is 0 Å². The molecule has 1 aliphatic rings. The Labute approximate surface area is 118 Å². The average molecular weight is 324 g/mol. The van der Waals surface area contributed by atoms with Crippen LogP contribution in [0.15, 0.2) is 29.2 Å². The first kappa shape index (κ1) is 14.8. The summed E-state index contributed by atoms with van der Waals surface area (Å²) in [5.41, 5.74) is 0.